The van der Waals surface area contributed by atoms with Gasteiger partial charge in [0, 0.05) is 6.54 Å². The molecule has 0 amide bonds. The van der Waals surface area contributed by atoms with Crippen LogP contribution in [0.5, 0.6) is 0 Å². The summed E-state index contributed by atoms with van der Waals surface area (Å²) >= 11 is 0. The molecule has 0 spiro atoms. The number of carboxylic acid groups (broad SMARTS) is 1. The lowest BCUT2D eigenvalue weighted by molar-refractivity contribution is -0.142. The van der Waals surface area contributed by atoms with E-state index in [2.05, 4.69) is 11.3 Å². The summed E-state index contributed by atoms with van der Waals surface area (Å²) in [5.41, 5.74) is 1.99. The number of sulfonamides is 1. The molecule has 2 N–H and O–H groups in total. The van der Waals surface area contributed by atoms with E-state index in [-0.39, 0.29) is 11.7 Å². The van der Waals surface area contributed by atoms with E-state index in [1.54, 1.807) is 6.08 Å². The predicted octanol–water partition coefficient (Wildman–Crippen LogP) is 3.46. The molecule has 6 heteroatoms. The molecule has 0 aliphatic heterocycles. The first-order valence-electron chi connectivity index (χ1n) is 8.79. The molecule has 0 saturated heterocycles. The second-order valence-electron chi connectivity index (χ2n) is 6.20. The van der Waals surface area contributed by atoms with Crippen molar-refractivity contribution in [3.63, 3.8) is 0 Å². The molecular formula is C19H29NO4S. The number of benzene rings is 1. The molecule has 0 saturated carbocycles. The first-order chi connectivity index (χ1) is 11.9. The molecular weight excluding hydrogens is 338 g/mol. The maximum absolute atomic E-state index is 12.0. The van der Waals surface area contributed by atoms with Crippen LogP contribution in [0.15, 0.2) is 30.8 Å². The van der Waals surface area contributed by atoms with E-state index >= 15 is 0 Å². The molecule has 1 aromatic rings. The highest BCUT2D eigenvalue weighted by Gasteiger charge is 2.14. The second-order valence-corrected chi connectivity index (χ2v) is 8.13. The number of carboxylic acids is 1. The Morgan fingerprint density at radius 3 is 2.48 bits per heavy atom. The van der Waals surface area contributed by atoms with Crippen LogP contribution in [-0.4, -0.2) is 31.8 Å². The third-order valence-corrected chi connectivity index (χ3v) is 5.65. The molecule has 1 unspecified atom stereocenters. The second kappa shape index (κ2) is 11.1. The van der Waals surface area contributed by atoms with E-state index in [1.807, 2.05) is 31.2 Å². The molecule has 1 rings (SSSR count). The van der Waals surface area contributed by atoms with Crippen molar-refractivity contribution >= 4 is 22.1 Å². The standard InChI is InChI=1S/C19H29NO4S/c1-3-16-9-11-17(12-10-16)13-15-25(23,24)20-14-7-5-6-8-18(4-2)19(21)22/h3,9-12,18,20H,1,4-8,13-15H2,2H3,(H,21,22). The number of carbonyl (C=O) groups is 1. The van der Waals surface area contributed by atoms with Crippen molar-refractivity contribution in [2.45, 2.75) is 45.4 Å². The van der Waals surface area contributed by atoms with Crippen LogP contribution in [0.1, 0.15) is 50.2 Å². The van der Waals surface area contributed by atoms with Crippen LogP contribution >= 0.6 is 0 Å². The average molecular weight is 368 g/mol. The Morgan fingerprint density at radius 2 is 1.92 bits per heavy atom. The molecule has 1 atom stereocenters. The van der Waals surface area contributed by atoms with Crippen molar-refractivity contribution in [2.75, 3.05) is 12.3 Å². The third kappa shape index (κ3) is 8.84. The first kappa shape index (κ1) is 21.4. The van der Waals surface area contributed by atoms with E-state index in [1.165, 1.54) is 0 Å². The Balaban J connectivity index is 2.22. The van der Waals surface area contributed by atoms with Crippen LogP contribution in [0.2, 0.25) is 0 Å². The number of hydrogen-bond acceptors (Lipinski definition) is 3. The minimum atomic E-state index is -3.28. The van der Waals surface area contributed by atoms with Crippen molar-refractivity contribution in [1.82, 2.24) is 4.72 Å². The summed E-state index contributed by atoms with van der Waals surface area (Å²) in [5.74, 6) is -0.967. The number of aryl methyl sites for hydroxylation is 1. The molecule has 5 nitrogen and oxygen atoms in total. The Bertz CT molecular complexity index is 638. The highest BCUT2D eigenvalue weighted by Crippen LogP contribution is 2.13. The van der Waals surface area contributed by atoms with Gasteiger partial charge < -0.3 is 5.11 Å². The van der Waals surface area contributed by atoms with E-state index in [0.717, 1.165) is 30.4 Å². The number of rotatable bonds is 13. The molecule has 0 aliphatic rings. The molecule has 0 aromatic heterocycles. The molecule has 0 heterocycles. The zero-order valence-electron chi connectivity index (χ0n) is 14.9. The quantitative estimate of drug-likeness (QED) is 0.523. The Kier molecular flexibility index (Phi) is 9.45. The van der Waals surface area contributed by atoms with Crippen molar-refractivity contribution in [3.8, 4) is 0 Å². The molecule has 0 radical (unpaired) electrons. The van der Waals surface area contributed by atoms with E-state index < -0.39 is 16.0 Å². The monoisotopic (exact) mass is 367 g/mol. The van der Waals surface area contributed by atoms with Gasteiger partial charge >= 0.3 is 5.97 Å². The normalized spacial score (nSPS) is 12.7. The lowest BCUT2D eigenvalue weighted by atomic mass is 9.99. The number of hydrogen-bond donors (Lipinski definition) is 2. The summed E-state index contributed by atoms with van der Waals surface area (Å²) in [6.07, 6.45) is 5.88. The van der Waals surface area contributed by atoms with Crippen LogP contribution in [0.4, 0.5) is 0 Å². The van der Waals surface area contributed by atoms with Gasteiger partial charge in [-0.2, -0.15) is 0 Å². The maximum atomic E-state index is 12.0. The summed E-state index contributed by atoms with van der Waals surface area (Å²) < 4.78 is 26.6. The zero-order chi connectivity index (χ0) is 18.7. The summed E-state index contributed by atoms with van der Waals surface area (Å²) in [7, 11) is -3.28. The lowest BCUT2D eigenvalue weighted by Crippen LogP contribution is -2.28. The average Bonchev–Trinajstić information content (AvgIpc) is 2.59. The predicted molar refractivity (Wildman–Crippen MR) is 102 cm³/mol. The van der Waals surface area contributed by atoms with Gasteiger partial charge in [0.05, 0.1) is 11.7 Å². The SMILES string of the molecule is C=Cc1ccc(CCS(=O)(=O)NCCCCCC(CC)C(=O)O)cc1. The highest BCUT2D eigenvalue weighted by molar-refractivity contribution is 7.89. The van der Waals surface area contributed by atoms with Gasteiger partial charge in [0.1, 0.15) is 0 Å². The molecule has 1 aromatic carbocycles. The topological polar surface area (TPSA) is 83.5 Å². The zero-order valence-corrected chi connectivity index (χ0v) is 15.7. The van der Waals surface area contributed by atoms with Crippen molar-refractivity contribution in [2.24, 2.45) is 5.92 Å². The van der Waals surface area contributed by atoms with Crippen molar-refractivity contribution < 1.29 is 18.3 Å². The Morgan fingerprint density at radius 1 is 1.24 bits per heavy atom. The van der Waals surface area contributed by atoms with Crippen LogP contribution in [0.25, 0.3) is 6.08 Å². The summed E-state index contributed by atoms with van der Waals surface area (Å²) in [5, 5.41) is 8.97. The Labute approximate surface area is 151 Å². The molecule has 0 fully saturated rings. The number of aliphatic carboxylic acids is 1. The smallest absolute Gasteiger partial charge is 0.306 e. The number of unbranched alkanes of at least 4 members (excludes halogenated alkanes) is 2. The molecule has 0 aliphatic carbocycles. The van der Waals surface area contributed by atoms with Crippen molar-refractivity contribution in [3.05, 3.63) is 42.0 Å². The van der Waals surface area contributed by atoms with Crippen LogP contribution in [0, 0.1) is 5.92 Å². The summed E-state index contributed by atoms with van der Waals surface area (Å²) in [6.45, 7) is 5.97. The van der Waals surface area contributed by atoms with Crippen LogP contribution in [0.3, 0.4) is 0 Å². The first-order valence-corrected chi connectivity index (χ1v) is 10.4. The van der Waals surface area contributed by atoms with Gasteiger partial charge in [-0.3, -0.25) is 4.79 Å². The lowest BCUT2D eigenvalue weighted by Gasteiger charge is -2.09. The largest absolute Gasteiger partial charge is 0.481 e. The van der Waals surface area contributed by atoms with E-state index in [4.69, 9.17) is 5.11 Å². The van der Waals surface area contributed by atoms with Gasteiger partial charge in [-0.15, -0.1) is 0 Å². The van der Waals surface area contributed by atoms with Gasteiger partial charge in [0.25, 0.3) is 0 Å². The van der Waals surface area contributed by atoms with E-state index in [9.17, 15) is 13.2 Å². The van der Waals surface area contributed by atoms with Gasteiger partial charge in [0.15, 0.2) is 0 Å². The van der Waals surface area contributed by atoms with E-state index in [0.29, 0.717) is 25.8 Å². The van der Waals surface area contributed by atoms with Gasteiger partial charge in [-0.05, 0) is 36.8 Å². The van der Waals surface area contributed by atoms with Gasteiger partial charge in [-0.25, -0.2) is 13.1 Å². The molecule has 140 valence electrons. The fourth-order valence-electron chi connectivity index (χ4n) is 2.57. The van der Waals surface area contributed by atoms with Crippen LogP contribution in [-0.2, 0) is 21.2 Å². The Hall–Kier alpha value is -1.66. The minimum Gasteiger partial charge on any atom is -0.481 e. The summed E-state index contributed by atoms with van der Waals surface area (Å²) in [4.78, 5) is 10.9. The van der Waals surface area contributed by atoms with Crippen molar-refractivity contribution in [1.29, 1.82) is 0 Å². The fourth-order valence-corrected chi connectivity index (χ4v) is 3.67. The number of nitrogens with one attached hydrogen (secondary N) is 1. The fraction of sp³-hybridized carbons (Fsp3) is 0.526. The van der Waals surface area contributed by atoms with Gasteiger partial charge in [-0.1, -0.05) is 56.7 Å². The minimum absolute atomic E-state index is 0.0668. The highest BCUT2D eigenvalue weighted by atomic mass is 32.2. The van der Waals surface area contributed by atoms with Gasteiger partial charge in [0.2, 0.25) is 10.0 Å². The third-order valence-electron chi connectivity index (χ3n) is 4.27. The molecule has 25 heavy (non-hydrogen) atoms. The van der Waals surface area contributed by atoms with Crippen LogP contribution < -0.4 is 4.72 Å². The summed E-state index contributed by atoms with van der Waals surface area (Å²) in [6, 6.07) is 7.67. The maximum Gasteiger partial charge on any atom is 0.306 e. The molecule has 0 bridgehead atoms.